The van der Waals surface area contributed by atoms with Gasteiger partial charge in [0.05, 0.1) is 7.11 Å². The Labute approximate surface area is 63.9 Å². The summed E-state index contributed by atoms with van der Waals surface area (Å²) in [7, 11) is 1.42. The highest BCUT2D eigenvalue weighted by Crippen LogP contribution is 2.48. The van der Waals surface area contributed by atoms with Crippen LogP contribution in [0.25, 0.3) is 0 Å². The topological polar surface area (TPSA) is 49.7 Å². The van der Waals surface area contributed by atoms with Crippen LogP contribution in [0, 0.1) is 0 Å². The molecule has 3 heteroatoms. The van der Waals surface area contributed by atoms with Crippen LogP contribution in [0.1, 0.15) is 11.1 Å². The number of phenolic OH excluding ortho intramolecular Hbond substituents is 2. The van der Waals surface area contributed by atoms with Crippen molar-refractivity contribution in [3.05, 3.63) is 17.2 Å². The first-order valence-corrected chi connectivity index (χ1v) is 3.34. The maximum Gasteiger partial charge on any atom is 0.203 e. The maximum atomic E-state index is 9.34. The molecule has 0 heterocycles. The SMILES string of the molecule is COc1c(O)c2cc(c1O)C2. The van der Waals surface area contributed by atoms with Gasteiger partial charge in [-0.05, 0) is 6.07 Å². The summed E-state index contributed by atoms with van der Waals surface area (Å²) >= 11 is 0. The Morgan fingerprint density at radius 2 is 1.73 bits per heavy atom. The van der Waals surface area contributed by atoms with Gasteiger partial charge in [-0.1, -0.05) is 0 Å². The van der Waals surface area contributed by atoms with E-state index in [1.165, 1.54) is 7.11 Å². The van der Waals surface area contributed by atoms with Crippen molar-refractivity contribution in [2.24, 2.45) is 0 Å². The number of rotatable bonds is 1. The molecule has 0 amide bonds. The standard InChI is InChI=1S/C8H8O3/c1-11-8-6(9)4-2-5(3-4)7(8)10/h2,9-10H,3H2,1H3. The number of fused-ring (bicyclic) bond motifs is 2. The van der Waals surface area contributed by atoms with E-state index in [9.17, 15) is 10.2 Å². The molecule has 11 heavy (non-hydrogen) atoms. The lowest BCUT2D eigenvalue weighted by molar-refractivity contribution is 0.336. The van der Waals surface area contributed by atoms with Crippen LogP contribution < -0.4 is 4.74 Å². The van der Waals surface area contributed by atoms with Gasteiger partial charge in [0.2, 0.25) is 5.75 Å². The highest BCUT2D eigenvalue weighted by atomic mass is 16.5. The van der Waals surface area contributed by atoms with Gasteiger partial charge in [-0.25, -0.2) is 0 Å². The summed E-state index contributed by atoms with van der Waals surface area (Å²) in [6.07, 6.45) is 0.657. The predicted octanol–water partition coefficient (Wildman–Crippen LogP) is 1.01. The van der Waals surface area contributed by atoms with Gasteiger partial charge in [-0.3, -0.25) is 0 Å². The largest absolute Gasteiger partial charge is 0.504 e. The fourth-order valence-electron chi connectivity index (χ4n) is 1.29. The highest BCUT2D eigenvalue weighted by Gasteiger charge is 2.25. The van der Waals surface area contributed by atoms with Crippen LogP contribution in [-0.2, 0) is 6.42 Å². The fourth-order valence-corrected chi connectivity index (χ4v) is 1.29. The predicted molar refractivity (Wildman–Crippen MR) is 39.1 cm³/mol. The molecule has 2 N–H and O–H groups in total. The molecular weight excluding hydrogens is 144 g/mol. The zero-order chi connectivity index (χ0) is 8.01. The minimum atomic E-state index is 0.0694. The molecule has 3 rings (SSSR count). The Balaban J connectivity index is 2.66. The molecule has 58 valence electrons. The molecule has 1 aromatic rings. The number of hydrogen-bond acceptors (Lipinski definition) is 3. The first-order valence-electron chi connectivity index (χ1n) is 3.34. The van der Waals surface area contributed by atoms with Crippen LogP contribution in [0.2, 0.25) is 0 Å². The summed E-state index contributed by atoms with van der Waals surface area (Å²) < 4.78 is 4.80. The molecule has 0 atom stereocenters. The van der Waals surface area contributed by atoms with E-state index < -0.39 is 0 Å². The van der Waals surface area contributed by atoms with Gasteiger partial charge in [-0.2, -0.15) is 0 Å². The van der Waals surface area contributed by atoms with Gasteiger partial charge in [0.15, 0.2) is 11.5 Å². The second-order valence-corrected chi connectivity index (χ2v) is 2.60. The smallest absolute Gasteiger partial charge is 0.203 e. The Morgan fingerprint density at radius 3 is 2.00 bits per heavy atom. The minimum Gasteiger partial charge on any atom is -0.504 e. The van der Waals surface area contributed by atoms with Gasteiger partial charge in [0.1, 0.15) is 0 Å². The highest BCUT2D eigenvalue weighted by molar-refractivity contribution is 5.65. The Morgan fingerprint density at radius 1 is 1.27 bits per heavy atom. The third-order valence-corrected chi connectivity index (χ3v) is 1.97. The first kappa shape index (κ1) is 6.34. The summed E-state index contributed by atoms with van der Waals surface area (Å²) in [6, 6.07) is 1.76. The van der Waals surface area contributed by atoms with Crippen molar-refractivity contribution in [3.8, 4) is 17.2 Å². The number of benzene rings is 1. The van der Waals surface area contributed by atoms with E-state index in [0.29, 0.717) is 6.42 Å². The van der Waals surface area contributed by atoms with E-state index in [1.54, 1.807) is 6.07 Å². The third kappa shape index (κ3) is 0.623. The van der Waals surface area contributed by atoms with Gasteiger partial charge >= 0.3 is 0 Å². The van der Waals surface area contributed by atoms with Crippen molar-refractivity contribution < 1.29 is 14.9 Å². The average Bonchev–Trinajstić information content (AvgIpc) is 1.83. The average molecular weight is 152 g/mol. The fraction of sp³-hybridized carbons (Fsp3) is 0.250. The first-order chi connectivity index (χ1) is 5.24. The quantitative estimate of drug-likeness (QED) is 0.641. The molecule has 0 spiro atoms. The van der Waals surface area contributed by atoms with Gasteiger partial charge in [0, 0.05) is 17.5 Å². The molecule has 0 aliphatic heterocycles. The maximum absolute atomic E-state index is 9.34. The summed E-state index contributed by atoms with van der Waals surface area (Å²) in [5.41, 5.74) is 1.68. The zero-order valence-corrected chi connectivity index (χ0v) is 6.09. The van der Waals surface area contributed by atoms with Crippen molar-refractivity contribution >= 4 is 0 Å². The van der Waals surface area contributed by atoms with E-state index >= 15 is 0 Å². The van der Waals surface area contributed by atoms with Crippen LogP contribution in [-0.4, -0.2) is 17.3 Å². The minimum absolute atomic E-state index is 0.0694. The second kappa shape index (κ2) is 1.81. The molecule has 1 aromatic carbocycles. The molecule has 0 unspecified atom stereocenters. The Bertz CT molecular complexity index is 291. The number of aromatic hydroxyl groups is 2. The molecule has 0 saturated heterocycles. The monoisotopic (exact) mass is 152 g/mol. The molecule has 3 nitrogen and oxygen atoms in total. The van der Waals surface area contributed by atoms with E-state index in [-0.39, 0.29) is 17.2 Å². The summed E-state index contributed by atoms with van der Waals surface area (Å²) in [6.45, 7) is 0. The van der Waals surface area contributed by atoms with Gasteiger partial charge in [0.25, 0.3) is 0 Å². The summed E-state index contributed by atoms with van der Waals surface area (Å²) in [5, 5.41) is 18.7. The summed E-state index contributed by atoms with van der Waals surface area (Å²) in [5.74, 6) is 0.337. The van der Waals surface area contributed by atoms with Crippen LogP contribution in [0.4, 0.5) is 0 Å². The van der Waals surface area contributed by atoms with Crippen molar-refractivity contribution in [3.63, 3.8) is 0 Å². The molecule has 2 aliphatic rings. The van der Waals surface area contributed by atoms with Crippen molar-refractivity contribution in [1.82, 2.24) is 0 Å². The molecular formula is C8H8O3. The van der Waals surface area contributed by atoms with Crippen molar-refractivity contribution in [2.75, 3.05) is 7.11 Å². The van der Waals surface area contributed by atoms with E-state index in [2.05, 4.69) is 0 Å². The van der Waals surface area contributed by atoms with E-state index in [4.69, 9.17) is 4.74 Å². The lowest BCUT2D eigenvalue weighted by atomic mass is 9.90. The number of ether oxygens (including phenoxy) is 1. The number of phenols is 2. The second-order valence-electron chi connectivity index (χ2n) is 2.60. The Hall–Kier alpha value is -1.38. The summed E-state index contributed by atoms with van der Waals surface area (Å²) in [4.78, 5) is 0. The van der Waals surface area contributed by atoms with Crippen LogP contribution >= 0.6 is 0 Å². The normalized spacial score (nSPS) is 12.5. The van der Waals surface area contributed by atoms with E-state index in [0.717, 1.165) is 11.1 Å². The molecule has 0 saturated carbocycles. The number of methoxy groups -OCH3 is 1. The van der Waals surface area contributed by atoms with E-state index in [1.807, 2.05) is 0 Å². The van der Waals surface area contributed by atoms with Gasteiger partial charge < -0.3 is 14.9 Å². The lowest BCUT2D eigenvalue weighted by Crippen LogP contribution is -2.03. The third-order valence-electron chi connectivity index (χ3n) is 1.97. The molecule has 0 fully saturated rings. The van der Waals surface area contributed by atoms with Crippen LogP contribution in [0.15, 0.2) is 6.07 Å². The van der Waals surface area contributed by atoms with Crippen LogP contribution in [0.3, 0.4) is 0 Å². The van der Waals surface area contributed by atoms with Gasteiger partial charge in [-0.15, -0.1) is 0 Å². The molecule has 2 aliphatic carbocycles. The van der Waals surface area contributed by atoms with Crippen LogP contribution in [0.5, 0.6) is 17.2 Å². The zero-order valence-electron chi connectivity index (χ0n) is 6.09. The molecule has 2 bridgehead atoms. The van der Waals surface area contributed by atoms with Crippen molar-refractivity contribution in [2.45, 2.75) is 6.42 Å². The van der Waals surface area contributed by atoms with Crippen molar-refractivity contribution in [1.29, 1.82) is 0 Å². The molecule has 0 radical (unpaired) electrons. The number of hydrogen-bond donors (Lipinski definition) is 2. The lowest BCUT2D eigenvalue weighted by Gasteiger charge is -2.21. The molecule has 0 aromatic heterocycles. The Kier molecular flexibility index (Phi) is 1.04.